The van der Waals surface area contributed by atoms with Gasteiger partial charge in [-0.3, -0.25) is 0 Å². The van der Waals surface area contributed by atoms with Crippen molar-refractivity contribution in [3.05, 3.63) is 53.5 Å². The molecule has 7 heteroatoms. The van der Waals surface area contributed by atoms with Gasteiger partial charge >= 0.3 is 0 Å². The third-order valence-electron chi connectivity index (χ3n) is 3.04. The summed E-state index contributed by atoms with van der Waals surface area (Å²) in [5.41, 5.74) is 3.32. The quantitative estimate of drug-likeness (QED) is 0.380. The molecule has 0 fully saturated rings. The highest BCUT2D eigenvalue weighted by molar-refractivity contribution is 7.98. The van der Waals surface area contributed by atoms with Crippen LogP contribution in [0.5, 0.6) is 0 Å². The van der Waals surface area contributed by atoms with Crippen LogP contribution in [0, 0.1) is 12.3 Å². The minimum absolute atomic E-state index is 0.628. The van der Waals surface area contributed by atoms with Crippen LogP contribution in [0.2, 0.25) is 0 Å². The SMILES string of the molecule is C=N.C=O.CSc1nc(Nc2ccc(C)cc2)ncc1-c1cccs1. The zero-order chi connectivity index (χ0) is 18.7. The van der Waals surface area contributed by atoms with Gasteiger partial charge in [0.25, 0.3) is 0 Å². The topological polar surface area (TPSA) is 78.7 Å². The number of benzene rings is 1. The molecule has 0 aliphatic rings. The van der Waals surface area contributed by atoms with Gasteiger partial charge in [0.1, 0.15) is 11.8 Å². The Labute approximate surface area is 156 Å². The average molecular weight is 373 g/mol. The van der Waals surface area contributed by atoms with Crippen LogP contribution in [-0.2, 0) is 4.79 Å². The fourth-order valence-corrected chi connectivity index (χ4v) is 3.31. The Morgan fingerprint density at radius 2 is 1.84 bits per heavy atom. The lowest BCUT2D eigenvalue weighted by Gasteiger charge is -2.09. The van der Waals surface area contributed by atoms with E-state index < -0.39 is 0 Å². The van der Waals surface area contributed by atoms with Crippen molar-refractivity contribution in [1.82, 2.24) is 9.97 Å². The summed E-state index contributed by atoms with van der Waals surface area (Å²) < 4.78 is 0. The Bertz CT molecular complexity index is 759. The van der Waals surface area contributed by atoms with Gasteiger partial charge in [0.2, 0.25) is 5.95 Å². The summed E-state index contributed by atoms with van der Waals surface area (Å²) in [7, 11) is 0. The number of carbonyl (C=O) groups is 1. The lowest BCUT2D eigenvalue weighted by Crippen LogP contribution is -1.98. The van der Waals surface area contributed by atoms with E-state index in [1.165, 1.54) is 10.4 Å². The molecule has 2 aromatic heterocycles. The highest BCUT2D eigenvalue weighted by Crippen LogP contribution is 2.32. The van der Waals surface area contributed by atoms with Gasteiger partial charge in [0.15, 0.2) is 0 Å². The molecule has 1 aromatic carbocycles. The van der Waals surface area contributed by atoms with Crippen LogP contribution in [0.25, 0.3) is 10.4 Å². The fourth-order valence-electron chi connectivity index (χ4n) is 1.95. The van der Waals surface area contributed by atoms with Crippen LogP contribution in [0.3, 0.4) is 0 Å². The number of aromatic nitrogens is 2. The van der Waals surface area contributed by atoms with Crippen LogP contribution in [0.4, 0.5) is 11.6 Å². The highest BCUT2D eigenvalue weighted by atomic mass is 32.2. The first-order valence-electron chi connectivity index (χ1n) is 7.19. The fraction of sp³-hybridized carbons (Fsp3) is 0.111. The molecule has 130 valence electrons. The zero-order valence-electron chi connectivity index (χ0n) is 14.2. The molecule has 0 unspecified atom stereocenters. The van der Waals surface area contributed by atoms with Gasteiger partial charge in [-0.2, -0.15) is 0 Å². The van der Waals surface area contributed by atoms with Crippen LogP contribution < -0.4 is 5.32 Å². The van der Waals surface area contributed by atoms with Gasteiger partial charge in [0.05, 0.1) is 0 Å². The summed E-state index contributed by atoms with van der Waals surface area (Å²) >= 11 is 3.34. The molecule has 0 atom stereocenters. The van der Waals surface area contributed by atoms with Gasteiger partial charge in [-0.05, 0) is 43.5 Å². The molecule has 2 N–H and O–H groups in total. The van der Waals surface area contributed by atoms with Crippen molar-refractivity contribution in [3.63, 3.8) is 0 Å². The largest absolute Gasteiger partial charge is 0.324 e. The molecule has 0 aliphatic heterocycles. The molecular weight excluding hydrogens is 352 g/mol. The second kappa shape index (κ2) is 11.1. The normalized spacial score (nSPS) is 9.20. The molecule has 0 radical (unpaired) electrons. The van der Waals surface area contributed by atoms with Crippen LogP contribution in [0.1, 0.15) is 5.56 Å². The summed E-state index contributed by atoms with van der Waals surface area (Å²) in [6, 6.07) is 12.3. The predicted octanol–water partition coefficient (Wildman–Crippen LogP) is 5.06. The van der Waals surface area contributed by atoms with Gasteiger partial charge in [-0.15, -0.1) is 23.1 Å². The highest BCUT2D eigenvalue weighted by Gasteiger charge is 2.09. The van der Waals surface area contributed by atoms with Crippen molar-refractivity contribution >= 4 is 48.2 Å². The van der Waals surface area contributed by atoms with E-state index in [1.807, 2.05) is 37.4 Å². The van der Waals surface area contributed by atoms with Crippen LogP contribution >= 0.6 is 23.1 Å². The van der Waals surface area contributed by atoms with Gasteiger partial charge < -0.3 is 15.5 Å². The Balaban J connectivity index is 0.000000730. The van der Waals surface area contributed by atoms with Crippen LogP contribution in [-0.4, -0.2) is 29.7 Å². The number of carbonyl (C=O) groups excluding carboxylic acids is 1. The van der Waals surface area contributed by atoms with Crippen molar-refractivity contribution in [2.24, 2.45) is 0 Å². The van der Waals surface area contributed by atoms with E-state index in [0.29, 0.717) is 5.95 Å². The Kier molecular flexibility index (Phi) is 9.13. The second-order valence-corrected chi connectivity index (χ2v) is 6.33. The van der Waals surface area contributed by atoms with E-state index in [1.54, 1.807) is 23.1 Å². The van der Waals surface area contributed by atoms with Crippen molar-refractivity contribution < 1.29 is 4.79 Å². The maximum absolute atomic E-state index is 8.00. The molecule has 0 saturated carbocycles. The molecule has 0 aliphatic carbocycles. The van der Waals surface area contributed by atoms with Crippen molar-refractivity contribution in [2.75, 3.05) is 11.6 Å². The maximum Gasteiger partial charge on any atom is 0.228 e. The molecule has 0 saturated heterocycles. The molecule has 2 heterocycles. The van der Waals surface area contributed by atoms with Crippen molar-refractivity contribution in [3.8, 4) is 10.4 Å². The van der Waals surface area contributed by atoms with Gasteiger partial charge in [-0.1, -0.05) is 23.8 Å². The third kappa shape index (κ3) is 5.81. The first kappa shape index (κ1) is 20.5. The van der Waals surface area contributed by atoms with E-state index in [4.69, 9.17) is 10.2 Å². The summed E-state index contributed by atoms with van der Waals surface area (Å²) in [6.45, 7) is 6.57. The van der Waals surface area contributed by atoms with E-state index in [0.717, 1.165) is 16.3 Å². The lowest BCUT2D eigenvalue weighted by atomic mass is 10.2. The monoisotopic (exact) mass is 372 g/mol. The summed E-state index contributed by atoms with van der Waals surface area (Å²) in [5.74, 6) is 0.628. The molecule has 3 aromatic rings. The van der Waals surface area contributed by atoms with E-state index in [-0.39, 0.29) is 0 Å². The number of thiophene rings is 1. The predicted molar refractivity (Wildman–Crippen MR) is 109 cm³/mol. The van der Waals surface area contributed by atoms with Crippen molar-refractivity contribution in [2.45, 2.75) is 11.9 Å². The Hall–Kier alpha value is -2.51. The van der Waals surface area contributed by atoms with Gasteiger partial charge in [0, 0.05) is 22.3 Å². The van der Waals surface area contributed by atoms with Gasteiger partial charge in [-0.25, -0.2) is 9.97 Å². The minimum Gasteiger partial charge on any atom is -0.324 e. The summed E-state index contributed by atoms with van der Waals surface area (Å²) in [5, 5.41) is 11.8. The molecule has 0 bridgehead atoms. The Morgan fingerprint density at radius 1 is 1.16 bits per heavy atom. The molecule has 0 spiro atoms. The number of nitrogens with one attached hydrogen (secondary N) is 2. The smallest absolute Gasteiger partial charge is 0.228 e. The molecule has 3 rings (SSSR count). The minimum atomic E-state index is 0.628. The number of hydrogen-bond acceptors (Lipinski definition) is 7. The number of aryl methyl sites for hydroxylation is 1. The van der Waals surface area contributed by atoms with E-state index >= 15 is 0 Å². The lowest BCUT2D eigenvalue weighted by molar-refractivity contribution is -0.0979. The van der Waals surface area contributed by atoms with Crippen molar-refractivity contribution in [1.29, 1.82) is 5.41 Å². The van der Waals surface area contributed by atoms with E-state index in [9.17, 15) is 0 Å². The van der Waals surface area contributed by atoms with E-state index in [2.05, 4.69) is 52.5 Å². The zero-order valence-corrected chi connectivity index (χ0v) is 15.8. The Morgan fingerprint density at radius 3 is 2.40 bits per heavy atom. The number of hydrogen-bond donors (Lipinski definition) is 2. The average Bonchev–Trinajstić information content (AvgIpc) is 3.21. The molecule has 0 amide bonds. The second-order valence-electron chi connectivity index (χ2n) is 4.58. The number of nitrogens with zero attached hydrogens (tertiary/aromatic N) is 2. The number of anilines is 2. The third-order valence-corrected chi connectivity index (χ3v) is 4.64. The first-order valence-corrected chi connectivity index (χ1v) is 9.29. The maximum atomic E-state index is 8.00. The number of rotatable bonds is 4. The summed E-state index contributed by atoms with van der Waals surface area (Å²) in [4.78, 5) is 18.2. The summed E-state index contributed by atoms with van der Waals surface area (Å²) in [6.07, 6.45) is 3.93. The first-order chi connectivity index (χ1) is 12.3. The number of thioether (sulfide) groups is 1. The molecular formula is C18H20N4OS2. The molecule has 5 nitrogen and oxygen atoms in total. The standard InChI is InChI=1S/C16H15N3S2.CH3N.CH2O/c1-11-5-7-12(8-6-11)18-16-17-10-13(15(19-16)20-2)14-4-3-9-21-14;2*1-2/h3-10H,1-2H3,(H,17,18,19);2H,1H2;1H2. The molecule has 25 heavy (non-hydrogen) atoms. The van der Waals surface area contributed by atoms with Crippen LogP contribution in [0.15, 0.2) is 53.0 Å².